The lowest BCUT2D eigenvalue weighted by atomic mass is 10.1. The molecule has 0 N–H and O–H groups in total. The minimum absolute atomic E-state index is 0.761. The van der Waals surface area contributed by atoms with Gasteiger partial charge < -0.3 is 0 Å². The Bertz CT molecular complexity index is 1700. The van der Waals surface area contributed by atoms with E-state index in [1.165, 1.54) is 48.3 Å². The van der Waals surface area contributed by atoms with Crippen molar-refractivity contribution in [2.75, 3.05) is 0 Å². The summed E-state index contributed by atoms with van der Waals surface area (Å²) in [6.45, 7) is 0. The Morgan fingerprint density at radius 3 is 1.43 bits per heavy atom. The Balaban J connectivity index is 1.55. The average molecular weight is 548 g/mol. The van der Waals surface area contributed by atoms with Gasteiger partial charge in [-0.3, -0.25) is 0 Å². The van der Waals surface area contributed by atoms with E-state index < -0.39 is 15.2 Å². The standard InChI is InChI=1S/C38H29P2/c1-5-18-31(19-6-1)39(32-20-7-2-8-21-32)36-27-15-14-26-35(36)38-29-30-17-13-16-28-37(30)40(38,33-22-9-3-10-23-33)34-24-11-4-12-25-34/h1-29H/q+1. The molecule has 0 atom stereocenters. The van der Waals surface area contributed by atoms with E-state index in [1.807, 2.05) is 0 Å². The second kappa shape index (κ2) is 10.8. The maximum Gasteiger partial charge on any atom is 0.145 e. The SMILES string of the molecule is C1=C(c2ccccc2P(c2ccccc2)c2ccccc2)[P+](c2ccccc2)(c2ccccc2)c2ccccc21. The van der Waals surface area contributed by atoms with Crippen molar-refractivity contribution in [2.45, 2.75) is 0 Å². The van der Waals surface area contributed by atoms with E-state index in [0.717, 1.165) is 0 Å². The maximum absolute atomic E-state index is 2.49. The molecule has 1 aliphatic rings. The fourth-order valence-electron chi connectivity index (χ4n) is 6.02. The average Bonchev–Trinajstić information content (AvgIpc) is 3.39. The molecule has 0 aliphatic carbocycles. The fourth-order valence-corrected chi connectivity index (χ4v) is 13.2. The molecule has 1 heterocycles. The van der Waals surface area contributed by atoms with E-state index in [9.17, 15) is 0 Å². The lowest BCUT2D eigenvalue weighted by Crippen LogP contribution is -2.32. The van der Waals surface area contributed by atoms with Gasteiger partial charge in [-0.25, -0.2) is 0 Å². The van der Waals surface area contributed by atoms with Crippen molar-refractivity contribution in [1.82, 2.24) is 0 Å². The molecule has 0 spiro atoms. The molecule has 6 aromatic carbocycles. The van der Waals surface area contributed by atoms with Crippen LogP contribution in [0.15, 0.2) is 170 Å². The topological polar surface area (TPSA) is 0 Å². The van der Waals surface area contributed by atoms with Crippen molar-refractivity contribution in [3.05, 3.63) is 181 Å². The van der Waals surface area contributed by atoms with Crippen molar-refractivity contribution in [3.63, 3.8) is 0 Å². The van der Waals surface area contributed by atoms with Gasteiger partial charge in [-0.1, -0.05) is 140 Å². The number of hydrogen-bond acceptors (Lipinski definition) is 0. The smallest absolute Gasteiger partial charge is 0.0622 e. The van der Waals surface area contributed by atoms with E-state index in [1.54, 1.807) is 0 Å². The highest BCUT2D eigenvalue weighted by Gasteiger charge is 2.54. The first-order valence-electron chi connectivity index (χ1n) is 13.7. The van der Waals surface area contributed by atoms with Crippen molar-refractivity contribution < 1.29 is 0 Å². The third kappa shape index (κ3) is 4.17. The summed E-state index contributed by atoms with van der Waals surface area (Å²) in [5.41, 5.74) is 2.69. The van der Waals surface area contributed by atoms with E-state index in [-0.39, 0.29) is 0 Å². The van der Waals surface area contributed by atoms with E-state index in [0.29, 0.717) is 0 Å². The molecule has 1 aliphatic heterocycles. The molecule has 0 saturated heterocycles. The molecule has 0 fully saturated rings. The second-order valence-electron chi connectivity index (χ2n) is 9.95. The first-order chi connectivity index (χ1) is 19.9. The van der Waals surface area contributed by atoms with Crippen molar-refractivity contribution >= 4 is 58.4 Å². The summed E-state index contributed by atoms with van der Waals surface area (Å²) in [6, 6.07) is 62.8. The van der Waals surface area contributed by atoms with Gasteiger partial charge in [-0.05, 0) is 60.2 Å². The Hall–Kier alpha value is -4.08. The summed E-state index contributed by atoms with van der Waals surface area (Å²) < 4.78 is 0. The molecule has 0 radical (unpaired) electrons. The number of benzene rings is 6. The van der Waals surface area contributed by atoms with Gasteiger partial charge in [0.2, 0.25) is 0 Å². The van der Waals surface area contributed by atoms with E-state index in [4.69, 9.17) is 0 Å². The molecule has 7 rings (SSSR count). The molecule has 0 aromatic heterocycles. The van der Waals surface area contributed by atoms with Crippen LogP contribution in [0.2, 0.25) is 0 Å². The first kappa shape index (κ1) is 24.9. The largest absolute Gasteiger partial charge is 0.145 e. The van der Waals surface area contributed by atoms with Gasteiger partial charge in [0.25, 0.3) is 0 Å². The van der Waals surface area contributed by atoms with Crippen LogP contribution in [0.4, 0.5) is 0 Å². The molecule has 190 valence electrons. The highest BCUT2D eigenvalue weighted by Crippen LogP contribution is 2.70. The molecule has 0 unspecified atom stereocenters. The van der Waals surface area contributed by atoms with Gasteiger partial charge in [0.15, 0.2) is 0 Å². The fraction of sp³-hybridized carbons (Fsp3) is 0. The maximum atomic E-state index is 2.49. The zero-order valence-electron chi connectivity index (χ0n) is 22.1. The number of fused-ring (bicyclic) bond motifs is 1. The Kier molecular flexibility index (Phi) is 6.75. The molecule has 40 heavy (non-hydrogen) atoms. The van der Waals surface area contributed by atoms with Gasteiger partial charge >= 0.3 is 0 Å². The van der Waals surface area contributed by atoms with Crippen LogP contribution in [0, 0.1) is 0 Å². The third-order valence-corrected chi connectivity index (χ3v) is 14.6. The lowest BCUT2D eigenvalue weighted by Gasteiger charge is -2.29. The molecule has 0 nitrogen and oxygen atoms in total. The van der Waals surface area contributed by atoms with Crippen molar-refractivity contribution in [1.29, 1.82) is 0 Å². The molecular weight excluding hydrogens is 518 g/mol. The lowest BCUT2D eigenvalue weighted by molar-refractivity contribution is 1.69. The van der Waals surface area contributed by atoms with Crippen LogP contribution in [-0.2, 0) is 0 Å². The predicted molar refractivity (Wildman–Crippen MR) is 178 cm³/mol. The number of hydrogen-bond donors (Lipinski definition) is 0. The predicted octanol–water partition coefficient (Wildman–Crippen LogP) is 7.25. The van der Waals surface area contributed by atoms with Gasteiger partial charge in [-0.15, -0.1) is 0 Å². The second-order valence-corrected chi connectivity index (χ2v) is 15.5. The Morgan fingerprint density at radius 2 is 0.850 bits per heavy atom. The summed E-state index contributed by atoms with van der Waals surface area (Å²) in [4.78, 5) is 0. The van der Waals surface area contributed by atoms with E-state index >= 15 is 0 Å². The van der Waals surface area contributed by atoms with Crippen LogP contribution in [-0.4, -0.2) is 0 Å². The van der Waals surface area contributed by atoms with Crippen molar-refractivity contribution in [3.8, 4) is 0 Å². The van der Waals surface area contributed by atoms with E-state index in [2.05, 4.69) is 176 Å². The van der Waals surface area contributed by atoms with Crippen molar-refractivity contribution in [2.24, 2.45) is 0 Å². The minimum Gasteiger partial charge on any atom is -0.0622 e. The molecule has 0 amide bonds. The normalized spacial score (nSPS) is 13.6. The quantitative estimate of drug-likeness (QED) is 0.193. The molecule has 6 aromatic rings. The van der Waals surface area contributed by atoms with Gasteiger partial charge in [0, 0.05) is 11.1 Å². The highest BCUT2D eigenvalue weighted by atomic mass is 31.2. The third-order valence-electron chi connectivity index (χ3n) is 7.69. The van der Waals surface area contributed by atoms with Crippen LogP contribution in [0.1, 0.15) is 11.1 Å². The van der Waals surface area contributed by atoms with Crippen LogP contribution in [0.3, 0.4) is 0 Å². The van der Waals surface area contributed by atoms with Gasteiger partial charge in [0.05, 0.1) is 0 Å². The zero-order valence-corrected chi connectivity index (χ0v) is 23.9. The Morgan fingerprint density at radius 1 is 0.400 bits per heavy atom. The number of rotatable bonds is 6. The first-order valence-corrected chi connectivity index (χ1v) is 16.8. The van der Waals surface area contributed by atoms with Crippen LogP contribution in [0.5, 0.6) is 0 Å². The molecule has 0 bridgehead atoms. The van der Waals surface area contributed by atoms with Crippen LogP contribution in [0.25, 0.3) is 11.4 Å². The summed E-state index contributed by atoms with van der Waals surface area (Å²) in [7, 11) is -2.91. The highest BCUT2D eigenvalue weighted by molar-refractivity contribution is 8.04. The molecule has 2 heteroatoms. The van der Waals surface area contributed by atoms with Crippen LogP contribution >= 0.6 is 15.2 Å². The van der Waals surface area contributed by atoms with Gasteiger partial charge in [0.1, 0.15) is 28.5 Å². The minimum atomic E-state index is -2.15. The summed E-state index contributed by atoms with van der Waals surface area (Å²) in [5.74, 6) is 0. The van der Waals surface area contributed by atoms with Crippen LogP contribution < -0.4 is 31.8 Å². The Labute approximate surface area is 238 Å². The summed E-state index contributed by atoms with van der Waals surface area (Å²) >= 11 is 0. The zero-order chi connectivity index (χ0) is 26.8. The summed E-state index contributed by atoms with van der Waals surface area (Å²) in [5, 5.41) is 9.84. The monoisotopic (exact) mass is 547 g/mol. The summed E-state index contributed by atoms with van der Waals surface area (Å²) in [6.07, 6.45) is 2.49. The van der Waals surface area contributed by atoms with Gasteiger partial charge in [-0.2, -0.15) is 0 Å². The molecule has 0 saturated carbocycles. The molecular formula is C38H29P2+.